The summed E-state index contributed by atoms with van der Waals surface area (Å²) in [7, 11) is 1.86. The van der Waals surface area contributed by atoms with E-state index in [0.29, 0.717) is 18.4 Å². The molecule has 3 aromatic heterocycles. The molecular weight excluding hydrogens is 292 g/mol. The van der Waals surface area contributed by atoms with E-state index in [1.54, 1.807) is 12.4 Å². The molecule has 106 valence electrons. The topological polar surface area (TPSA) is 85.5 Å². The summed E-state index contributed by atoms with van der Waals surface area (Å²) >= 11 is 5.95. The lowest BCUT2D eigenvalue weighted by molar-refractivity contribution is 0.771. The van der Waals surface area contributed by atoms with E-state index in [2.05, 4.69) is 30.0 Å². The molecule has 0 aliphatic carbocycles. The first-order valence-corrected chi connectivity index (χ1v) is 6.47. The maximum absolute atomic E-state index is 5.95. The van der Waals surface area contributed by atoms with Gasteiger partial charge in [-0.15, -0.1) is 0 Å². The highest BCUT2D eigenvalue weighted by atomic mass is 35.5. The Hall–Kier alpha value is -2.61. The Bertz CT molecular complexity index is 715. The fourth-order valence-electron chi connectivity index (χ4n) is 1.75. The van der Waals surface area contributed by atoms with Crippen molar-refractivity contribution in [3.63, 3.8) is 0 Å². The Labute approximate surface area is 125 Å². The molecule has 8 nitrogen and oxygen atoms in total. The van der Waals surface area contributed by atoms with Gasteiger partial charge in [0.1, 0.15) is 12.7 Å². The highest BCUT2D eigenvalue weighted by Gasteiger charge is 2.11. The molecule has 0 atom stereocenters. The van der Waals surface area contributed by atoms with Crippen LogP contribution in [0.15, 0.2) is 37.2 Å². The SMILES string of the molecule is CN(Cc1cccnc1)c1nc(Cl)nc(-n2cncn2)n1. The second-order valence-corrected chi connectivity index (χ2v) is 4.60. The van der Waals surface area contributed by atoms with Crippen molar-refractivity contribution in [2.75, 3.05) is 11.9 Å². The normalized spacial score (nSPS) is 10.6. The number of nitrogens with zero attached hydrogens (tertiary/aromatic N) is 8. The van der Waals surface area contributed by atoms with Gasteiger partial charge in [-0.2, -0.15) is 24.7 Å². The van der Waals surface area contributed by atoms with Crippen molar-refractivity contribution in [2.45, 2.75) is 6.54 Å². The van der Waals surface area contributed by atoms with E-state index in [4.69, 9.17) is 11.6 Å². The lowest BCUT2D eigenvalue weighted by Crippen LogP contribution is -2.20. The Morgan fingerprint density at radius 3 is 2.86 bits per heavy atom. The molecule has 0 fully saturated rings. The highest BCUT2D eigenvalue weighted by Crippen LogP contribution is 2.13. The molecular formula is C12H11ClN8. The van der Waals surface area contributed by atoms with Crippen LogP contribution < -0.4 is 4.90 Å². The number of pyridine rings is 1. The molecule has 3 aromatic rings. The lowest BCUT2D eigenvalue weighted by atomic mass is 10.3. The van der Waals surface area contributed by atoms with Crippen LogP contribution in [0.4, 0.5) is 5.95 Å². The summed E-state index contributed by atoms with van der Waals surface area (Å²) in [5.41, 5.74) is 1.04. The molecule has 0 aliphatic rings. The molecule has 0 amide bonds. The molecule has 0 saturated heterocycles. The molecule has 3 heterocycles. The van der Waals surface area contributed by atoms with Crippen LogP contribution in [0.25, 0.3) is 5.95 Å². The molecule has 3 rings (SSSR count). The smallest absolute Gasteiger partial charge is 0.258 e. The summed E-state index contributed by atoms with van der Waals surface area (Å²) in [6, 6.07) is 3.86. The predicted molar refractivity (Wildman–Crippen MR) is 76.1 cm³/mol. The number of hydrogen-bond acceptors (Lipinski definition) is 7. The van der Waals surface area contributed by atoms with E-state index >= 15 is 0 Å². The summed E-state index contributed by atoms with van der Waals surface area (Å²) in [5.74, 6) is 0.768. The van der Waals surface area contributed by atoms with Gasteiger partial charge in [-0.3, -0.25) is 4.98 Å². The third-order valence-electron chi connectivity index (χ3n) is 2.69. The second kappa shape index (κ2) is 5.80. The van der Waals surface area contributed by atoms with Gasteiger partial charge in [0.15, 0.2) is 0 Å². The van der Waals surface area contributed by atoms with Gasteiger partial charge in [-0.05, 0) is 23.2 Å². The van der Waals surface area contributed by atoms with Crippen molar-refractivity contribution < 1.29 is 0 Å². The van der Waals surface area contributed by atoms with E-state index in [1.165, 1.54) is 17.3 Å². The molecule has 0 aromatic carbocycles. The molecule has 0 spiro atoms. The van der Waals surface area contributed by atoms with Crippen molar-refractivity contribution in [2.24, 2.45) is 0 Å². The molecule has 0 bridgehead atoms. The van der Waals surface area contributed by atoms with Crippen molar-refractivity contribution in [1.82, 2.24) is 34.7 Å². The van der Waals surface area contributed by atoms with Crippen LogP contribution in [0.3, 0.4) is 0 Å². The summed E-state index contributed by atoms with van der Waals surface area (Å²) < 4.78 is 1.43. The predicted octanol–water partition coefficient (Wildman–Crippen LogP) is 1.14. The summed E-state index contributed by atoms with van der Waals surface area (Å²) in [6.07, 6.45) is 6.41. The zero-order chi connectivity index (χ0) is 14.7. The summed E-state index contributed by atoms with van der Waals surface area (Å²) in [4.78, 5) is 22.3. The van der Waals surface area contributed by atoms with Crippen molar-refractivity contribution >= 4 is 17.5 Å². The average Bonchev–Trinajstić information content (AvgIpc) is 3.02. The molecule has 0 N–H and O–H groups in total. The lowest BCUT2D eigenvalue weighted by Gasteiger charge is -2.17. The Kier molecular flexibility index (Phi) is 3.69. The van der Waals surface area contributed by atoms with Gasteiger partial charge >= 0.3 is 0 Å². The van der Waals surface area contributed by atoms with Crippen molar-refractivity contribution in [3.8, 4) is 5.95 Å². The average molecular weight is 303 g/mol. The van der Waals surface area contributed by atoms with E-state index in [1.807, 2.05) is 24.1 Å². The number of aromatic nitrogens is 7. The first kappa shape index (κ1) is 13.4. The summed E-state index contributed by atoms with van der Waals surface area (Å²) in [6.45, 7) is 0.602. The largest absolute Gasteiger partial charge is 0.339 e. The van der Waals surface area contributed by atoms with Crippen LogP contribution in [-0.4, -0.2) is 41.7 Å². The fourth-order valence-corrected chi connectivity index (χ4v) is 1.90. The van der Waals surface area contributed by atoms with Crippen molar-refractivity contribution in [3.05, 3.63) is 48.0 Å². The number of anilines is 1. The van der Waals surface area contributed by atoms with Crippen LogP contribution in [0.1, 0.15) is 5.56 Å². The van der Waals surface area contributed by atoms with Crippen LogP contribution in [0.2, 0.25) is 5.28 Å². The molecule has 0 radical (unpaired) electrons. The number of halogens is 1. The van der Waals surface area contributed by atoms with Crippen molar-refractivity contribution in [1.29, 1.82) is 0 Å². The van der Waals surface area contributed by atoms with Gasteiger partial charge in [0.2, 0.25) is 11.2 Å². The fraction of sp³-hybridized carbons (Fsp3) is 0.167. The van der Waals surface area contributed by atoms with E-state index in [9.17, 15) is 0 Å². The zero-order valence-corrected chi connectivity index (χ0v) is 11.9. The molecule has 21 heavy (non-hydrogen) atoms. The zero-order valence-electron chi connectivity index (χ0n) is 11.1. The van der Waals surface area contributed by atoms with Crippen LogP contribution in [-0.2, 0) is 6.54 Å². The van der Waals surface area contributed by atoms with Crippen LogP contribution in [0.5, 0.6) is 0 Å². The number of hydrogen-bond donors (Lipinski definition) is 0. The monoisotopic (exact) mass is 302 g/mol. The van der Waals surface area contributed by atoms with Gasteiger partial charge in [-0.25, -0.2) is 4.98 Å². The third kappa shape index (κ3) is 3.11. The van der Waals surface area contributed by atoms with Gasteiger partial charge in [-0.1, -0.05) is 6.07 Å². The Balaban J connectivity index is 1.88. The maximum atomic E-state index is 5.95. The van der Waals surface area contributed by atoms with Crippen LogP contribution in [0, 0.1) is 0 Å². The third-order valence-corrected chi connectivity index (χ3v) is 2.86. The van der Waals surface area contributed by atoms with Gasteiger partial charge < -0.3 is 4.90 Å². The molecule has 0 aliphatic heterocycles. The van der Waals surface area contributed by atoms with Gasteiger partial charge in [0, 0.05) is 26.0 Å². The molecule has 0 unspecified atom stereocenters. The standard InChI is InChI=1S/C12H11ClN8/c1-20(6-9-3-2-4-14-5-9)11-17-10(13)18-12(19-11)21-8-15-7-16-21/h2-5,7-8H,6H2,1H3. The minimum absolute atomic E-state index is 0.100. The number of rotatable bonds is 4. The maximum Gasteiger partial charge on any atom is 0.258 e. The molecule has 9 heteroatoms. The Morgan fingerprint density at radius 1 is 1.24 bits per heavy atom. The van der Waals surface area contributed by atoms with E-state index < -0.39 is 0 Å². The van der Waals surface area contributed by atoms with E-state index in [0.717, 1.165) is 5.56 Å². The molecule has 0 saturated carbocycles. The van der Waals surface area contributed by atoms with E-state index in [-0.39, 0.29) is 5.28 Å². The second-order valence-electron chi connectivity index (χ2n) is 4.26. The van der Waals surface area contributed by atoms with Crippen LogP contribution >= 0.6 is 11.6 Å². The first-order valence-electron chi connectivity index (χ1n) is 6.09. The quantitative estimate of drug-likeness (QED) is 0.714. The highest BCUT2D eigenvalue weighted by molar-refractivity contribution is 6.28. The first-order chi connectivity index (χ1) is 10.2. The summed E-state index contributed by atoms with van der Waals surface area (Å²) in [5, 5.41) is 4.08. The van der Waals surface area contributed by atoms with Gasteiger partial charge in [0.05, 0.1) is 0 Å². The van der Waals surface area contributed by atoms with Gasteiger partial charge in [0.25, 0.3) is 5.95 Å². The Morgan fingerprint density at radius 2 is 2.14 bits per heavy atom. The minimum Gasteiger partial charge on any atom is -0.339 e. The minimum atomic E-state index is 0.100.